The summed E-state index contributed by atoms with van der Waals surface area (Å²) in [7, 11) is 1.71. The van der Waals surface area contributed by atoms with E-state index in [1.165, 1.54) is 12.1 Å². The molecule has 0 spiro atoms. The van der Waals surface area contributed by atoms with E-state index in [2.05, 4.69) is 5.10 Å². The third-order valence-corrected chi connectivity index (χ3v) is 5.06. The van der Waals surface area contributed by atoms with Crippen LogP contribution in [0.1, 0.15) is 11.1 Å². The summed E-state index contributed by atoms with van der Waals surface area (Å²) in [6, 6.07) is 13.0. The molecular weight excluding hydrogens is 421 g/mol. The van der Waals surface area contributed by atoms with E-state index in [4.69, 9.17) is 39.5 Å². The maximum absolute atomic E-state index is 12.4. The number of likely N-dealkylation sites (N-methyl/N-ethyl adjacent to an activating group) is 1. The molecule has 0 atom stereocenters. The van der Waals surface area contributed by atoms with Crippen LogP contribution < -0.4 is 4.74 Å². The summed E-state index contributed by atoms with van der Waals surface area (Å²) in [6.07, 6.45) is 3.68. The first-order valence-electron chi connectivity index (χ1n) is 8.49. The van der Waals surface area contributed by atoms with Gasteiger partial charge in [-0.25, -0.2) is 0 Å². The Balaban J connectivity index is 1.54. The molecule has 2 aromatic carbocycles. The number of amides is 1. The van der Waals surface area contributed by atoms with Crippen molar-refractivity contribution in [2.75, 3.05) is 13.7 Å². The van der Waals surface area contributed by atoms with Crippen LogP contribution in [0.3, 0.4) is 0 Å². The van der Waals surface area contributed by atoms with Crippen LogP contribution in [0.2, 0.25) is 15.1 Å². The summed E-state index contributed by atoms with van der Waals surface area (Å²) in [4.78, 5) is 13.9. The molecule has 0 saturated heterocycles. The van der Waals surface area contributed by atoms with E-state index in [9.17, 15) is 4.79 Å². The summed E-state index contributed by atoms with van der Waals surface area (Å²) in [6.45, 7) is 0.940. The number of nitrogens with zero attached hydrogens (tertiary/aromatic N) is 3. The Morgan fingerprint density at radius 2 is 1.79 bits per heavy atom. The maximum Gasteiger partial charge on any atom is 0.260 e. The van der Waals surface area contributed by atoms with Gasteiger partial charge in [-0.05, 0) is 11.6 Å². The molecule has 0 N–H and O–H groups in total. The highest BCUT2D eigenvalue weighted by Gasteiger charge is 2.14. The van der Waals surface area contributed by atoms with Crippen molar-refractivity contribution in [1.82, 2.24) is 14.7 Å². The zero-order valence-electron chi connectivity index (χ0n) is 15.1. The Morgan fingerprint density at radius 3 is 2.54 bits per heavy atom. The highest BCUT2D eigenvalue weighted by Crippen LogP contribution is 2.33. The number of ether oxygens (including phenoxy) is 1. The van der Waals surface area contributed by atoms with E-state index in [1.807, 2.05) is 41.2 Å². The molecule has 5 nitrogen and oxygen atoms in total. The lowest BCUT2D eigenvalue weighted by atomic mass is 10.2. The Bertz CT molecular complexity index is 961. The van der Waals surface area contributed by atoms with E-state index in [1.54, 1.807) is 18.1 Å². The summed E-state index contributed by atoms with van der Waals surface area (Å²) in [5, 5.41) is 5.29. The first kappa shape index (κ1) is 20.5. The quantitative estimate of drug-likeness (QED) is 0.491. The molecule has 146 valence electrons. The van der Waals surface area contributed by atoms with Crippen molar-refractivity contribution in [2.45, 2.75) is 13.1 Å². The van der Waals surface area contributed by atoms with Crippen molar-refractivity contribution < 1.29 is 9.53 Å². The van der Waals surface area contributed by atoms with Crippen molar-refractivity contribution in [3.05, 3.63) is 81.1 Å². The Morgan fingerprint density at radius 1 is 1.07 bits per heavy atom. The summed E-state index contributed by atoms with van der Waals surface area (Å²) >= 11 is 17.9. The molecule has 1 amide bonds. The van der Waals surface area contributed by atoms with Crippen molar-refractivity contribution in [3.63, 3.8) is 0 Å². The molecule has 28 heavy (non-hydrogen) atoms. The van der Waals surface area contributed by atoms with Crippen LogP contribution in [0.5, 0.6) is 5.75 Å². The van der Waals surface area contributed by atoms with Crippen LogP contribution in [0.25, 0.3) is 0 Å². The number of carbonyl (C=O) groups is 1. The minimum atomic E-state index is -0.196. The van der Waals surface area contributed by atoms with Gasteiger partial charge in [0.05, 0.1) is 27.8 Å². The van der Waals surface area contributed by atoms with Crippen molar-refractivity contribution in [2.24, 2.45) is 0 Å². The zero-order valence-corrected chi connectivity index (χ0v) is 17.4. The van der Waals surface area contributed by atoms with Gasteiger partial charge in [0.25, 0.3) is 5.91 Å². The second-order valence-electron chi connectivity index (χ2n) is 6.27. The second-order valence-corrected chi connectivity index (χ2v) is 7.49. The fourth-order valence-corrected chi connectivity index (χ4v) is 3.16. The Hall–Kier alpha value is -2.21. The summed E-state index contributed by atoms with van der Waals surface area (Å²) in [5.41, 5.74) is 2.09. The van der Waals surface area contributed by atoms with Gasteiger partial charge < -0.3 is 9.64 Å². The van der Waals surface area contributed by atoms with Gasteiger partial charge in [0.1, 0.15) is 5.75 Å². The number of halogens is 3. The molecule has 8 heteroatoms. The van der Waals surface area contributed by atoms with Gasteiger partial charge in [-0.3, -0.25) is 9.48 Å². The Kier molecular flexibility index (Phi) is 6.83. The molecule has 0 aliphatic heterocycles. The van der Waals surface area contributed by atoms with Gasteiger partial charge in [0.15, 0.2) is 6.61 Å². The minimum absolute atomic E-state index is 0.160. The average molecular weight is 439 g/mol. The molecule has 3 rings (SSSR count). The van der Waals surface area contributed by atoms with Crippen LogP contribution in [-0.2, 0) is 17.9 Å². The van der Waals surface area contributed by atoms with E-state index in [0.29, 0.717) is 33.9 Å². The summed E-state index contributed by atoms with van der Waals surface area (Å²) in [5.74, 6) is 0.117. The molecule has 0 aliphatic carbocycles. The topological polar surface area (TPSA) is 47.4 Å². The van der Waals surface area contributed by atoms with Gasteiger partial charge >= 0.3 is 0 Å². The number of hydrogen-bond acceptors (Lipinski definition) is 3. The van der Waals surface area contributed by atoms with Gasteiger partial charge in [0.2, 0.25) is 0 Å². The molecular formula is C20H18Cl3N3O2. The fraction of sp³-hybridized carbons (Fsp3) is 0.200. The lowest BCUT2D eigenvalue weighted by Gasteiger charge is -2.17. The normalized spacial score (nSPS) is 10.7. The molecule has 0 radical (unpaired) electrons. The fourth-order valence-electron chi connectivity index (χ4n) is 2.57. The van der Waals surface area contributed by atoms with Gasteiger partial charge in [-0.15, -0.1) is 0 Å². The highest BCUT2D eigenvalue weighted by molar-refractivity contribution is 6.43. The van der Waals surface area contributed by atoms with Gasteiger partial charge in [-0.1, -0.05) is 65.1 Å². The van der Waals surface area contributed by atoms with Crippen LogP contribution in [-0.4, -0.2) is 34.2 Å². The largest absolute Gasteiger partial charge is 0.482 e. The average Bonchev–Trinajstić information content (AvgIpc) is 3.10. The first-order valence-corrected chi connectivity index (χ1v) is 9.62. The van der Waals surface area contributed by atoms with E-state index < -0.39 is 0 Å². The lowest BCUT2D eigenvalue weighted by molar-refractivity contribution is -0.132. The molecule has 3 aromatic rings. The lowest BCUT2D eigenvalue weighted by Crippen LogP contribution is -2.30. The van der Waals surface area contributed by atoms with Crippen LogP contribution >= 0.6 is 34.8 Å². The van der Waals surface area contributed by atoms with Crippen LogP contribution in [0.4, 0.5) is 0 Å². The molecule has 1 aromatic heterocycles. The predicted molar refractivity (Wildman–Crippen MR) is 111 cm³/mol. The standard InChI is InChI=1S/C20H18Cl3N3O2/c1-25(20(27)13-28-19-8-17(22)16(21)7-18(19)23)10-15-9-24-26(12-15)11-14-5-3-2-4-6-14/h2-9,12H,10-11,13H2,1H3. The van der Waals surface area contributed by atoms with Gasteiger partial charge in [-0.2, -0.15) is 5.10 Å². The van der Waals surface area contributed by atoms with Crippen molar-refractivity contribution in [3.8, 4) is 5.75 Å². The van der Waals surface area contributed by atoms with E-state index in [-0.39, 0.29) is 12.5 Å². The molecule has 0 bridgehead atoms. The second kappa shape index (κ2) is 9.32. The van der Waals surface area contributed by atoms with E-state index in [0.717, 1.165) is 11.1 Å². The molecule has 0 unspecified atom stereocenters. The van der Waals surface area contributed by atoms with E-state index >= 15 is 0 Å². The number of hydrogen-bond donors (Lipinski definition) is 0. The SMILES string of the molecule is CN(Cc1cnn(Cc2ccccc2)c1)C(=O)COc1cc(Cl)c(Cl)cc1Cl. The van der Waals surface area contributed by atoms with Crippen molar-refractivity contribution >= 4 is 40.7 Å². The number of benzene rings is 2. The summed E-state index contributed by atoms with van der Waals surface area (Å²) < 4.78 is 7.33. The molecule has 0 saturated carbocycles. The first-order chi connectivity index (χ1) is 13.4. The Labute approximate surface area is 178 Å². The third-order valence-electron chi connectivity index (χ3n) is 4.05. The van der Waals surface area contributed by atoms with Crippen LogP contribution in [0.15, 0.2) is 54.9 Å². The molecule has 0 fully saturated rings. The van der Waals surface area contributed by atoms with Crippen LogP contribution in [0, 0.1) is 0 Å². The number of aromatic nitrogens is 2. The molecule has 0 aliphatic rings. The molecule has 1 heterocycles. The predicted octanol–water partition coefficient (Wildman–Crippen LogP) is 4.93. The van der Waals surface area contributed by atoms with Gasteiger partial charge in [0, 0.05) is 31.4 Å². The zero-order chi connectivity index (χ0) is 20.1. The smallest absolute Gasteiger partial charge is 0.260 e. The maximum atomic E-state index is 12.4. The third kappa shape index (κ3) is 5.41. The minimum Gasteiger partial charge on any atom is -0.482 e. The monoisotopic (exact) mass is 437 g/mol. The number of carbonyl (C=O) groups excluding carboxylic acids is 1. The van der Waals surface area contributed by atoms with Crippen molar-refractivity contribution in [1.29, 1.82) is 0 Å². The highest BCUT2D eigenvalue weighted by atomic mass is 35.5. The number of rotatable bonds is 7.